The average Bonchev–Trinajstić information content (AvgIpc) is 2.68. The van der Waals surface area contributed by atoms with Crippen LogP contribution in [0.1, 0.15) is 10.5 Å². The minimum absolute atomic E-state index is 0.0670. The van der Waals surface area contributed by atoms with Gasteiger partial charge in [0.1, 0.15) is 10.6 Å². The molecule has 1 rings (SSSR count). The lowest BCUT2D eigenvalue weighted by Gasteiger charge is -2.15. The number of nitrogens with one attached hydrogen (secondary N) is 1. The molecule has 0 spiro atoms. The van der Waals surface area contributed by atoms with Gasteiger partial charge in [-0.1, -0.05) is 0 Å². The van der Waals surface area contributed by atoms with Crippen molar-refractivity contribution < 1.29 is 13.2 Å². The van der Waals surface area contributed by atoms with Crippen LogP contribution in [-0.2, 0) is 17.1 Å². The Labute approximate surface area is 107 Å². The van der Waals surface area contributed by atoms with E-state index in [0.29, 0.717) is 13.1 Å². The second-order valence-corrected chi connectivity index (χ2v) is 6.01. The number of nitrogens with zero attached hydrogens (tertiary/aromatic N) is 2. The number of rotatable bonds is 6. The molecule has 0 unspecified atom stereocenters. The molecule has 0 aromatic carbocycles. The van der Waals surface area contributed by atoms with Crippen molar-refractivity contribution in [1.82, 2.24) is 14.2 Å². The lowest BCUT2D eigenvalue weighted by molar-refractivity contribution is 0.0992. The van der Waals surface area contributed by atoms with E-state index in [2.05, 4.69) is 5.32 Å². The summed E-state index contributed by atoms with van der Waals surface area (Å²) in [5.41, 5.74) is 5.31. The molecule has 8 heteroatoms. The SMILES string of the molecule is CNCCN(C)S(=O)(=O)c1cc(C(N)=O)n(C)c1. The van der Waals surface area contributed by atoms with Crippen LogP contribution < -0.4 is 11.1 Å². The fourth-order valence-corrected chi connectivity index (χ4v) is 2.73. The molecule has 1 aromatic rings. The van der Waals surface area contributed by atoms with Crippen LogP contribution in [-0.4, -0.2) is 50.4 Å². The number of aromatic nitrogens is 1. The Morgan fingerprint density at radius 3 is 2.61 bits per heavy atom. The summed E-state index contributed by atoms with van der Waals surface area (Å²) in [5, 5.41) is 2.87. The average molecular weight is 274 g/mol. The van der Waals surface area contributed by atoms with Gasteiger partial charge in [-0.25, -0.2) is 8.42 Å². The van der Waals surface area contributed by atoms with Crippen LogP contribution in [0.4, 0.5) is 0 Å². The zero-order valence-corrected chi connectivity index (χ0v) is 11.5. The Hall–Kier alpha value is -1.38. The van der Waals surface area contributed by atoms with Crippen molar-refractivity contribution in [3.63, 3.8) is 0 Å². The van der Waals surface area contributed by atoms with E-state index >= 15 is 0 Å². The van der Waals surface area contributed by atoms with Crippen molar-refractivity contribution in [2.45, 2.75) is 4.90 Å². The fourth-order valence-electron chi connectivity index (χ4n) is 1.49. The number of amides is 1. The molecule has 0 bridgehead atoms. The molecule has 0 radical (unpaired) electrons. The predicted octanol–water partition coefficient (Wildman–Crippen LogP) is -1.04. The van der Waals surface area contributed by atoms with Crippen molar-refractivity contribution in [1.29, 1.82) is 0 Å². The molecule has 0 fully saturated rings. The number of carbonyl (C=O) groups is 1. The van der Waals surface area contributed by atoms with E-state index in [0.717, 1.165) is 0 Å². The van der Waals surface area contributed by atoms with Crippen LogP contribution >= 0.6 is 0 Å². The van der Waals surface area contributed by atoms with Gasteiger partial charge < -0.3 is 15.6 Å². The highest BCUT2D eigenvalue weighted by atomic mass is 32.2. The van der Waals surface area contributed by atoms with Crippen molar-refractivity contribution in [3.05, 3.63) is 18.0 Å². The van der Waals surface area contributed by atoms with Crippen molar-refractivity contribution in [2.24, 2.45) is 12.8 Å². The van der Waals surface area contributed by atoms with Crippen LogP contribution in [0.5, 0.6) is 0 Å². The summed E-state index contributed by atoms with van der Waals surface area (Å²) in [5.74, 6) is -0.656. The molecule has 1 aromatic heterocycles. The highest BCUT2D eigenvalue weighted by Gasteiger charge is 2.23. The molecule has 3 N–H and O–H groups in total. The summed E-state index contributed by atoms with van der Waals surface area (Å²) >= 11 is 0. The van der Waals surface area contributed by atoms with Gasteiger partial charge in [-0.05, 0) is 13.1 Å². The molecule has 102 valence electrons. The van der Waals surface area contributed by atoms with Gasteiger partial charge in [-0.15, -0.1) is 0 Å². The third-order valence-electron chi connectivity index (χ3n) is 2.62. The lowest BCUT2D eigenvalue weighted by Crippen LogP contribution is -2.32. The number of likely N-dealkylation sites (N-methyl/N-ethyl adjacent to an activating group) is 2. The highest BCUT2D eigenvalue weighted by Crippen LogP contribution is 2.16. The minimum atomic E-state index is -3.58. The largest absolute Gasteiger partial charge is 0.364 e. The number of carbonyl (C=O) groups excluding carboxylic acids is 1. The van der Waals surface area contributed by atoms with Gasteiger partial charge in [0.15, 0.2) is 0 Å². The third kappa shape index (κ3) is 2.89. The van der Waals surface area contributed by atoms with Crippen LogP contribution in [0.3, 0.4) is 0 Å². The van der Waals surface area contributed by atoms with E-state index in [1.165, 1.54) is 28.2 Å². The quantitative estimate of drug-likeness (QED) is 0.692. The van der Waals surface area contributed by atoms with Gasteiger partial charge in [-0.3, -0.25) is 4.79 Å². The first-order chi connectivity index (χ1) is 8.30. The summed E-state index contributed by atoms with van der Waals surface area (Å²) < 4.78 is 26.9. The molecular formula is C10H18N4O3S. The van der Waals surface area contributed by atoms with Crippen molar-refractivity contribution in [2.75, 3.05) is 27.2 Å². The Kier molecular flexibility index (Phi) is 4.49. The lowest BCUT2D eigenvalue weighted by atomic mass is 10.4. The minimum Gasteiger partial charge on any atom is -0.364 e. The van der Waals surface area contributed by atoms with E-state index in [4.69, 9.17) is 5.73 Å². The maximum Gasteiger partial charge on any atom is 0.265 e. The first-order valence-corrected chi connectivity index (χ1v) is 6.81. The number of nitrogens with two attached hydrogens (primary N) is 1. The molecule has 1 heterocycles. The Morgan fingerprint density at radius 1 is 1.56 bits per heavy atom. The standard InChI is InChI=1S/C10H18N4O3S/c1-12-4-5-14(3)18(16,17)8-6-9(10(11)15)13(2)7-8/h6-7,12H,4-5H2,1-3H3,(H2,11,15). The molecule has 7 nitrogen and oxygen atoms in total. The molecule has 0 aliphatic heterocycles. The molecule has 1 amide bonds. The van der Waals surface area contributed by atoms with Gasteiger partial charge in [-0.2, -0.15) is 4.31 Å². The van der Waals surface area contributed by atoms with E-state index in [1.807, 2.05) is 0 Å². The molecule has 0 saturated heterocycles. The van der Waals surface area contributed by atoms with Gasteiger partial charge >= 0.3 is 0 Å². The van der Waals surface area contributed by atoms with E-state index in [-0.39, 0.29) is 10.6 Å². The molecule has 0 aliphatic rings. The normalized spacial score (nSPS) is 12.0. The molecule has 0 atom stereocenters. The van der Waals surface area contributed by atoms with Crippen LogP contribution in [0.25, 0.3) is 0 Å². The van der Waals surface area contributed by atoms with Crippen LogP contribution in [0, 0.1) is 0 Å². The van der Waals surface area contributed by atoms with E-state index in [9.17, 15) is 13.2 Å². The van der Waals surface area contributed by atoms with Gasteiger partial charge in [0.25, 0.3) is 5.91 Å². The predicted molar refractivity (Wildman–Crippen MR) is 67.7 cm³/mol. The Morgan fingerprint density at radius 2 is 2.17 bits per heavy atom. The van der Waals surface area contributed by atoms with Gasteiger partial charge in [0, 0.05) is 33.4 Å². The van der Waals surface area contributed by atoms with Gasteiger partial charge in [0.05, 0.1) is 0 Å². The zero-order valence-electron chi connectivity index (χ0n) is 10.7. The van der Waals surface area contributed by atoms with Crippen molar-refractivity contribution in [3.8, 4) is 0 Å². The molecule has 0 saturated carbocycles. The second-order valence-electron chi connectivity index (χ2n) is 3.97. The maximum absolute atomic E-state index is 12.2. The second kappa shape index (κ2) is 5.51. The third-order valence-corrected chi connectivity index (χ3v) is 4.44. The molecule has 0 aliphatic carbocycles. The summed E-state index contributed by atoms with van der Waals surface area (Å²) in [6.07, 6.45) is 1.38. The number of hydrogen-bond donors (Lipinski definition) is 2. The smallest absolute Gasteiger partial charge is 0.265 e. The zero-order chi connectivity index (χ0) is 13.9. The van der Waals surface area contributed by atoms with Crippen LogP contribution in [0.15, 0.2) is 17.2 Å². The van der Waals surface area contributed by atoms with E-state index < -0.39 is 15.9 Å². The van der Waals surface area contributed by atoms with E-state index in [1.54, 1.807) is 14.1 Å². The maximum atomic E-state index is 12.2. The summed E-state index contributed by atoms with van der Waals surface area (Å²) in [4.78, 5) is 11.2. The highest BCUT2D eigenvalue weighted by molar-refractivity contribution is 7.89. The number of hydrogen-bond acceptors (Lipinski definition) is 4. The topological polar surface area (TPSA) is 97.4 Å². The van der Waals surface area contributed by atoms with Crippen LogP contribution in [0.2, 0.25) is 0 Å². The number of primary amides is 1. The fraction of sp³-hybridized carbons (Fsp3) is 0.500. The van der Waals surface area contributed by atoms with Gasteiger partial charge in [0.2, 0.25) is 10.0 Å². The number of aryl methyl sites for hydroxylation is 1. The van der Waals surface area contributed by atoms with Crippen molar-refractivity contribution >= 4 is 15.9 Å². The molecule has 18 heavy (non-hydrogen) atoms. The Bertz CT molecular complexity index is 535. The summed E-state index contributed by atoms with van der Waals surface area (Å²) in [6, 6.07) is 1.29. The number of sulfonamides is 1. The summed E-state index contributed by atoms with van der Waals surface area (Å²) in [6.45, 7) is 0.894. The monoisotopic (exact) mass is 274 g/mol. The summed E-state index contributed by atoms with van der Waals surface area (Å²) in [7, 11) is 1.23. The first-order valence-electron chi connectivity index (χ1n) is 5.37. The first kappa shape index (κ1) is 14.7. The Balaban J connectivity index is 3.05. The molecular weight excluding hydrogens is 256 g/mol.